The molecule has 0 bridgehead atoms. The van der Waals surface area contributed by atoms with Gasteiger partial charge in [-0.1, -0.05) is 30.3 Å². The third-order valence-corrected chi connectivity index (χ3v) is 5.30. The second kappa shape index (κ2) is 9.60. The van der Waals surface area contributed by atoms with Crippen LogP contribution in [0.25, 0.3) is 11.3 Å². The third kappa shape index (κ3) is 4.74. The van der Waals surface area contributed by atoms with Crippen molar-refractivity contribution >= 4 is 23.4 Å². The summed E-state index contributed by atoms with van der Waals surface area (Å²) in [5.41, 5.74) is 3.20. The number of anilines is 3. The lowest BCUT2D eigenvalue weighted by atomic mass is 10.1. The minimum Gasteiger partial charge on any atom is -0.379 e. The summed E-state index contributed by atoms with van der Waals surface area (Å²) in [7, 11) is 0. The molecule has 0 saturated carbocycles. The van der Waals surface area contributed by atoms with Crippen LogP contribution in [-0.2, 0) is 4.74 Å². The molecule has 0 atom stereocenters. The lowest BCUT2D eigenvalue weighted by Crippen LogP contribution is -2.47. The fourth-order valence-corrected chi connectivity index (χ4v) is 3.65. The van der Waals surface area contributed by atoms with Gasteiger partial charge in [-0.15, -0.1) is 0 Å². The summed E-state index contributed by atoms with van der Waals surface area (Å²) in [6.07, 6.45) is 3.34. The average molecular weight is 441 g/mol. The van der Waals surface area contributed by atoms with E-state index >= 15 is 0 Å². The molecule has 166 valence electrons. The van der Waals surface area contributed by atoms with E-state index in [1.807, 2.05) is 53.5 Å². The fourth-order valence-electron chi connectivity index (χ4n) is 3.65. The van der Waals surface area contributed by atoms with E-state index < -0.39 is 0 Å². The van der Waals surface area contributed by atoms with E-state index in [4.69, 9.17) is 9.72 Å². The first-order chi connectivity index (χ1) is 16.3. The average Bonchev–Trinajstić information content (AvgIpc) is 3.39. The highest BCUT2D eigenvalue weighted by Crippen LogP contribution is 2.27. The first-order valence-corrected chi connectivity index (χ1v) is 10.7. The normalized spacial score (nSPS) is 14.1. The second-order valence-electron chi connectivity index (χ2n) is 7.46. The predicted octanol–water partition coefficient (Wildman–Crippen LogP) is 3.50. The molecule has 3 heterocycles. The van der Waals surface area contributed by atoms with Crippen molar-refractivity contribution in [1.29, 1.82) is 0 Å². The van der Waals surface area contributed by atoms with Gasteiger partial charge in [-0.2, -0.15) is 5.10 Å². The Morgan fingerprint density at radius 2 is 1.76 bits per heavy atom. The molecule has 1 saturated heterocycles. The Morgan fingerprint density at radius 1 is 0.970 bits per heavy atom. The summed E-state index contributed by atoms with van der Waals surface area (Å²) in [5.74, 6) is 0.923. The molecule has 4 aromatic rings. The van der Waals surface area contributed by atoms with Crippen LogP contribution in [0.3, 0.4) is 0 Å². The zero-order valence-electron chi connectivity index (χ0n) is 17.9. The number of benzene rings is 2. The highest BCUT2D eigenvalue weighted by Gasteiger charge is 2.23. The molecular formula is C24H23N7O2. The lowest BCUT2D eigenvalue weighted by molar-refractivity contribution is 0.0371. The largest absolute Gasteiger partial charge is 0.379 e. The summed E-state index contributed by atoms with van der Waals surface area (Å²) in [4.78, 5) is 21.8. The number of H-pyrrole nitrogens is 1. The third-order valence-electron chi connectivity index (χ3n) is 5.30. The van der Waals surface area contributed by atoms with Crippen LogP contribution in [0.15, 0.2) is 79.1 Å². The van der Waals surface area contributed by atoms with Crippen LogP contribution in [0, 0.1) is 0 Å². The first kappa shape index (κ1) is 20.8. The summed E-state index contributed by atoms with van der Waals surface area (Å²) in [6, 6.07) is 21.0. The van der Waals surface area contributed by atoms with E-state index in [0.29, 0.717) is 30.5 Å². The van der Waals surface area contributed by atoms with Gasteiger partial charge in [-0.25, -0.2) is 20.0 Å². The maximum Gasteiger partial charge on any atom is 0.256 e. The number of nitrogens with zero attached hydrogens (tertiary/aromatic N) is 5. The maximum atomic E-state index is 12.4. The fraction of sp³-hybridized carbons (Fsp3) is 0.167. The lowest BCUT2D eigenvalue weighted by Gasteiger charge is -2.37. The van der Waals surface area contributed by atoms with Gasteiger partial charge < -0.3 is 10.1 Å². The molecule has 2 aromatic carbocycles. The molecular weight excluding hydrogens is 418 g/mol. The first-order valence-electron chi connectivity index (χ1n) is 10.7. The number of morpholine rings is 1. The molecule has 0 spiro atoms. The number of hydrogen-bond acceptors (Lipinski definition) is 7. The van der Waals surface area contributed by atoms with E-state index in [1.165, 1.54) is 0 Å². The number of para-hydroxylation sites is 1. The summed E-state index contributed by atoms with van der Waals surface area (Å²) in [5, 5.41) is 13.6. The van der Waals surface area contributed by atoms with Crippen LogP contribution in [0.1, 0.15) is 10.4 Å². The molecule has 2 aromatic heterocycles. The van der Waals surface area contributed by atoms with Crippen LogP contribution < -0.4 is 10.3 Å². The molecule has 1 aliphatic heterocycles. The number of amides is 1. The van der Waals surface area contributed by atoms with Crippen molar-refractivity contribution in [1.82, 2.24) is 25.2 Å². The van der Waals surface area contributed by atoms with Crippen molar-refractivity contribution in [3.8, 4) is 11.3 Å². The van der Waals surface area contributed by atoms with Gasteiger partial charge in [0.05, 0.1) is 30.8 Å². The molecule has 0 radical (unpaired) electrons. The standard InChI is InChI=1S/C24H23N7O2/c32-23(28-22-11-13-26-29-22)19-8-6-18(7-9-19)21-10-12-25-24(27-21)31(20-4-2-1-3-5-20)30-14-16-33-17-15-30/h1-13H,14-17H2,(H2,26,28,29,32). The van der Waals surface area contributed by atoms with Gasteiger partial charge in [-0.3, -0.25) is 9.89 Å². The Hall–Kier alpha value is -4.08. The van der Waals surface area contributed by atoms with E-state index in [-0.39, 0.29) is 5.91 Å². The van der Waals surface area contributed by atoms with Crippen LogP contribution in [0.4, 0.5) is 17.5 Å². The van der Waals surface area contributed by atoms with Gasteiger partial charge >= 0.3 is 0 Å². The van der Waals surface area contributed by atoms with Crippen molar-refractivity contribution in [2.45, 2.75) is 0 Å². The Bertz CT molecular complexity index is 1190. The highest BCUT2D eigenvalue weighted by molar-refractivity contribution is 6.03. The number of ether oxygens (including phenoxy) is 1. The van der Waals surface area contributed by atoms with Crippen LogP contribution in [0.5, 0.6) is 0 Å². The quantitative estimate of drug-likeness (QED) is 0.472. The molecule has 0 aliphatic carbocycles. The molecule has 1 aliphatic rings. The van der Waals surface area contributed by atoms with Crippen molar-refractivity contribution in [3.63, 3.8) is 0 Å². The van der Waals surface area contributed by atoms with Crippen molar-refractivity contribution in [2.75, 3.05) is 36.6 Å². The number of nitrogens with one attached hydrogen (secondary N) is 2. The number of hydrazine groups is 1. The topological polar surface area (TPSA) is 99.3 Å². The zero-order chi connectivity index (χ0) is 22.5. The summed E-state index contributed by atoms with van der Waals surface area (Å²) in [6.45, 7) is 2.82. The molecule has 2 N–H and O–H groups in total. The van der Waals surface area contributed by atoms with Crippen molar-refractivity contribution in [3.05, 3.63) is 84.7 Å². The maximum absolute atomic E-state index is 12.4. The van der Waals surface area contributed by atoms with Gasteiger partial charge in [0.15, 0.2) is 0 Å². The molecule has 0 unspecified atom stereocenters. The van der Waals surface area contributed by atoms with Crippen LogP contribution in [-0.4, -0.2) is 57.4 Å². The Morgan fingerprint density at radius 3 is 2.48 bits per heavy atom. The number of aromatic amines is 1. The second-order valence-corrected chi connectivity index (χ2v) is 7.46. The number of aromatic nitrogens is 4. The Kier molecular flexibility index (Phi) is 6.05. The molecule has 9 nitrogen and oxygen atoms in total. The van der Waals surface area contributed by atoms with Crippen molar-refractivity contribution in [2.24, 2.45) is 0 Å². The monoisotopic (exact) mass is 441 g/mol. The SMILES string of the molecule is O=C(Nc1ccn[nH]1)c1ccc(-c2ccnc(N(c3ccccc3)N3CCOCC3)n2)cc1. The Balaban J connectivity index is 1.41. The summed E-state index contributed by atoms with van der Waals surface area (Å²) < 4.78 is 5.53. The van der Waals surface area contributed by atoms with Gasteiger partial charge in [0.1, 0.15) is 5.82 Å². The van der Waals surface area contributed by atoms with Gasteiger partial charge in [0.25, 0.3) is 5.91 Å². The van der Waals surface area contributed by atoms with Crippen LogP contribution >= 0.6 is 0 Å². The van der Waals surface area contributed by atoms with E-state index in [1.54, 1.807) is 30.6 Å². The Labute approximate surface area is 191 Å². The zero-order valence-corrected chi connectivity index (χ0v) is 17.9. The van der Waals surface area contributed by atoms with E-state index in [2.05, 4.69) is 25.5 Å². The van der Waals surface area contributed by atoms with E-state index in [9.17, 15) is 4.79 Å². The van der Waals surface area contributed by atoms with Gasteiger partial charge in [0.2, 0.25) is 5.95 Å². The van der Waals surface area contributed by atoms with Crippen LogP contribution in [0.2, 0.25) is 0 Å². The highest BCUT2D eigenvalue weighted by atomic mass is 16.5. The number of hydrogen-bond donors (Lipinski definition) is 2. The smallest absolute Gasteiger partial charge is 0.256 e. The van der Waals surface area contributed by atoms with Gasteiger partial charge in [-0.05, 0) is 30.3 Å². The molecule has 9 heteroatoms. The molecule has 5 rings (SSSR count). The number of rotatable bonds is 6. The molecule has 33 heavy (non-hydrogen) atoms. The van der Waals surface area contributed by atoms with Crippen molar-refractivity contribution < 1.29 is 9.53 Å². The number of carbonyl (C=O) groups is 1. The summed E-state index contributed by atoms with van der Waals surface area (Å²) >= 11 is 0. The number of carbonyl (C=O) groups excluding carboxylic acids is 1. The predicted molar refractivity (Wildman–Crippen MR) is 125 cm³/mol. The van der Waals surface area contributed by atoms with E-state index in [0.717, 1.165) is 30.0 Å². The minimum atomic E-state index is -0.211. The molecule has 1 fully saturated rings. The van der Waals surface area contributed by atoms with Gasteiger partial charge in [0, 0.05) is 36.5 Å². The molecule has 1 amide bonds. The minimum absolute atomic E-state index is 0.211.